The van der Waals surface area contributed by atoms with Crippen LogP contribution in [0.2, 0.25) is 5.02 Å². The Morgan fingerprint density at radius 2 is 1.73 bits per heavy atom. The SMILES string of the molecule is Cc1ccc(Cl)cc1N1CCN(S(=O)(=O)c2ccc3c(c2)C[C@H](C)N3C(=O)C2CCC2)CC1. The highest BCUT2D eigenvalue weighted by Gasteiger charge is 2.38. The van der Waals surface area contributed by atoms with E-state index in [1.807, 2.05) is 43.0 Å². The van der Waals surface area contributed by atoms with Crippen LogP contribution in [0.3, 0.4) is 0 Å². The number of hydrogen-bond acceptors (Lipinski definition) is 4. The van der Waals surface area contributed by atoms with E-state index in [0.717, 1.165) is 41.8 Å². The molecule has 3 aliphatic rings. The van der Waals surface area contributed by atoms with Crippen LogP contribution in [0.15, 0.2) is 41.3 Å². The van der Waals surface area contributed by atoms with Crippen molar-refractivity contribution in [1.29, 1.82) is 0 Å². The molecule has 33 heavy (non-hydrogen) atoms. The molecular formula is C25H30ClN3O3S. The van der Waals surface area contributed by atoms with Crippen LogP contribution in [-0.4, -0.2) is 50.9 Å². The Balaban J connectivity index is 1.32. The summed E-state index contributed by atoms with van der Waals surface area (Å²) in [4.78, 5) is 17.3. The largest absolute Gasteiger partial charge is 0.369 e. The summed E-state index contributed by atoms with van der Waals surface area (Å²) in [6.07, 6.45) is 3.74. The molecule has 2 aromatic rings. The first-order chi connectivity index (χ1) is 15.8. The maximum atomic E-state index is 13.4. The minimum Gasteiger partial charge on any atom is -0.369 e. The van der Waals surface area contributed by atoms with Crippen LogP contribution >= 0.6 is 11.6 Å². The summed E-state index contributed by atoms with van der Waals surface area (Å²) in [6, 6.07) is 11.1. The topological polar surface area (TPSA) is 60.9 Å². The van der Waals surface area contributed by atoms with Crippen LogP contribution in [0.1, 0.15) is 37.3 Å². The Morgan fingerprint density at radius 1 is 1.00 bits per heavy atom. The zero-order valence-corrected chi connectivity index (χ0v) is 20.7. The van der Waals surface area contributed by atoms with Crippen LogP contribution in [-0.2, 0) is 21.2 Å². The van der Waals surface area contributed by atoms with E-state index < -0.39 is 10.0 Å². The fourth-order valence-electron chi connectivity index (χ4n) is 5.20. The van der Waals surface area contributed by atoms with E-state index >= 15 is 0 Å². The van der Waals surface area contributed by atoms with E-state index in [9.17, 15) is 13.2 Å². The van der Waals surface area contributed by atoms with Gasteiger partial charge in [-0.3, -0.25) is 4.79 Å². The molecule has 1 atom stereocenters. The molecule has 176 valence electrons. The van der Waals surface area contributed by atoms with Gasteiger partial charge in [-0.1, -0.05) is 24.1 Å². The van der Waals surface area contributed by atoms with Gasteiger partial charge in [-0.05, 0) is 74.6 Å². The monoisotopic (exact) mass is 487 g/mol. The van der Waals surface area contributed by atoms with Crippen LogP contribution in [0.4, 0.5) is 11.4 Å². The second kappa shape index (κ2) is 8.60. The highest BCUT2D eigenvalue weighted by Crippen LogP contribution is 2.38. The maximum Gasteiger partial charge on any atom is 0.243 e. The average Bonchev–Trinajstić information content (AvgIpc) is 3.09. The number of sulfonamides is 1. The normalized spacial score (nSPS) is 21.7. The predicted octanol–water partition coefficient (Wildman–Crippen LogP) is 4.24. The molecule has 2 aromatic carbocycles. The number of benzene rings is 2. The van der Waals surface area contributed by atoms with Crippen molar-refractivity contribution >= 4 is 38.9 Å². The van der Waals surface area contributed by atoms with Gasteiger partial charge in [-0.2, -0.15) is 4.31 Å². The fourth-order valence-corrected chi connectivity index (χ4v) is 6.84. The van der Waals surface area contributed by atoms with E-state index in [0.29, 0.717) is 42.5 Å². The molecule has 6 nitrogen and oxygen atoms in total. The molecule has 1 saturated carbocycles. The van der Waals surface area contributed by atoms with Gasteiger partial charge in [0.25, 0.3) is 0 Å². The summed E-state index contributed by atoms with van der Waals surface area (Å²) in [5.74, 6) is 0.316. The summed E-state index contributed by atoms with van der Waals surface area (Å²) in [5, 5.41) is 0.683. The Labute approximate surface area is 201 Å². The lowest BCUT2D eigenvalue weighted by Gasteiger charge is -2.36. The number of anilines is 2. The molecule has 2 heterocycles. The molecule has 2 aliphatic heterocycles. The molecule has 1 amide bonds. The summed E-state index contributed by atoms with van der Waals surface area (Å²) in [6.45, 7) is 6.17. The van der Waals surface area contributed by atoms with Crippen molar-refractivity contribution in [2.45, 2.75) is 50.5 Å². The molecule has 0 unspecified atom stereocenters. The van der Waals surface area contributed by atoms with Gasteiger partial charge in [0.15, 0.2) is 0 Å². The number of nitrogens with zero attached hydrogens (tertiary/aromatic N) is 3. The zero-order chi connectivity index (χ0) is 23.3. The third kappa shape index (κ3) is 4.04. The molecule has 0 spiro atoms. The smallest absolute Gasteiger partial charge is 0.243 e. The molecule has 0 radical (unpaired) electrons. The van der Waals surface area contributed by atoms with Crippen molar-refractivity contribution < 1.29 is 13.2 Å². The Hall–Kier alpha value is -2.09. The minimum atomic E-state index is -3.60. The lowest BCUT2D eigenvalue weighted by atomic mass is 9.84. The Kier molecular flexibility index (Phi) is 5.91. The summed E-state index contributed by atoms with van der Waals surface area (Å²) < 4.78 is 28.4. The minimum absolute atomic E-state index is 0.0653. The number of rotatable bonds is 4. The molecule has 1 aliphatic carbocycles. The summed E-state index contributed by atoms with van der Waals surface area (Å²) in [7, 11) is -3.60. The van der Waals surface area contributed by atoms with Gasteiger partial charge in [-0.15, -0.1) is 0 Å². The summed E-state index contributed by atoms with van der Waals surface area (Å²) in [5.41, 5.74) is 4.01. The molecule has 1 saturated heterocycles. The average molecular weight is 488 g/mol. The van der Waals surface area contributed by atoms with Crippen molar-refractivity contribution in [2.75, 3.05) is 36.0 Å². The molecule has 0 N–H and O–H groups in total. The van der Waals surface area contributed by atoms with E-state index in [1.165, 1.54) is 0 Å². The van der Waals surface area contributed by atoms with E-state index in [1.54, 1.807) is 16.4 Å². The van der Waals surface area contributed by atoms with Crippen LogP contribution in [0, 0.1) is 12.8 Å². The fraction of sp³-hybridized carbons (Fsp3) is 0.480. The quantitative estimate of drug-likeness (QED) is 0.647. The van der Waals surface area contributed by atoms with Crippen molar-refractivity contribution in [1.82, 2.24) is 4.31 Å². The number of hydrogen-bond donors (Lipinski definition) is 0. The zero-order valence-electron chi connectivity index (χ0n) is 19.1. The number of amides is 1. The van der Waals surface area contributed by atoms with Crippen molar-refractivity contribution in [3.63, 3.8) is 0 Å². The molecule has 5 rings (SSSR count). The van der Waals surface area contributed by atoms with Crippen molar-refractivity contribution in [2.24, 2.45) is 5.92 Å². The molecule has 0 aromatic heterocycles. The van der Waals surface area contributed by atoms with E-state index in [-0.39, 0.29) is 17.9 Å². The van der Waals surface area contributed by atoms with Gasteiger partial charge >= 0.3 is 0 Å². The highest BCUT2D eigenvalue weighted by molar-refractivity contribution is 7.89. The Bertz CT molecular complexity index is 1190. The number of halogens is 1. The second-order valence-electron chi connectivity index (χ2n) is 9.50. The first kappa shape index (κ1) is 22.7. The third-order valence-electron chi connectivity index (χ3n) is 7.35. The predicted molar refractivity (Wildman–Crippen MR) is 132 cm³/mol. The first-order valence-electron chi connectivity index (χ1n) is 11.7. The number of carbonyl (C=O) groups is 1. The molecule has 8 heteroatoms. The van der Waals surface area contributed by atoms with Gasteiger partial charge in [0, 0.05) is 54.5 Å². The Morgan fingerprint density at radius 3 is 2.39 bits per heavy atom. The van der Waals surface area contributed by atoms with Gasteiger partial charge in [-0.25, -0.2) is 8.42 Å². The van der Waals surface area contributed by atoms with Crippen LogP contribution in [0.5, 0.6) is 0 Å². The maximum absolute atomic E-state index is 13.4. The van der Waals surface area contributed by atoms with Gasteiger partial charge in [0.1, 0.15) is 0 Å². The standard InChI is InChI=1S/C25H30ClN3O3S/c1-17-6-7-21(26)16-24(17)27-10-12-28(13-11-27)33(31,32)22-8-9-23-20(15-22)14-18(2)29(23)25(30)19-4-3-5-19/h6-9,15-16,18-19H,3-5,10-14H2,1-2H3/t18-/m0/s1. The lowest BCUT2D eigenvalue weighted by Crippen LogP contribution is -2.48. The third-order valence-corrected chi connectivity index (χ3v) is 9.48. The van der Waals surface area contributed by atoms with E-state index in [4.69, 9.17) is 11.6 Å². The summed E-state index contributed by atoms with van der Waals surface area (Å²) >= 11 is 6.18. The van der Waals surface area contributed by atoms with Crippen LogP contribution in [0.25, 0.3) is 0 Å². The molecular weight excluding hydrogens is 458 g/mol. The van der Waals surface area contributed by atoms with Gasteiger partial charge in [0.2, 0.25) is 15.9 Å². The number of carbonyl (C=O) groups excluding carboxylic acids is 1. The van der Waals surface area contributed by atoms with E-state index in [2.05, 4.69) is 4.90 Å². The second-order valence-corrected chi connectivity index (χ2v) is 11.9. The van der Waals surface area contributed by atoms with Crippen molar-refractivity contribution in [3.8, 4) is 0 Å². The highest BCUT2D eigenvalue weighted by atomic mass is 35.5. The van der Waals surface area contributed by atoms with Gasteiger partial charge < -0.3 is 9.80 Å². The number of piperazine rings is 1. The first-order valence-corrected chi connectivity index (χ1v) is 13.5. The van der Waals surface area contributed by atoms with Gasteiger partial charge in [0.05, 0.1) is 4.90 Å². The lowest BCUT2D eigenvalue weighted by molar-refractivity contribution is -0.125. The number of fused-ring (bicyclic) bond motifs is 1. The molecule has 0 bridgehead atoms. The molecule has 2 fully saturated rings. The number of aryl methyl sites for hydroxylation is 1. The van der Waals surface area contributed by atoms with Crippen molar-refractivity contribution in [3.05, 3.63) is 52.5 Å². The van der Waals surface area contributed by atoms with Crippen LogP contribution < -0.4 is 9.80 Å².